The van der Waals surface area contributed by atoms with E-state index in [1.807, 2.05) is 0 Å². The molecule has 0 saturated carbocycles. The van der Waals surface area contributed by atoms with Crippen LogP contribution in [0.1, 0.15) is 23.2 Å². The molecule has 1 atom stereocenters. The van der Waals surface area contributed by atoms with Crippen molar-refractivity contribution in [2.45, 2.75) is 23.8 Å². The summed E-state index contributed by atoms with van der Waals surface area (Å²) in [5, 5.41) is 17.1. The molecule has 1 saturated heterocycles. The van der Waals surface area contributed by atoms with Crippen molar-refractivity contribution >= 4 is 23.4 Å². The van der Waals surface area contributed by atoms with Gasteiger partial charge in [-0.2, -0.15) is 0 Å². The molecule has 1 aliphatic heterocycles. The molecule has 6 nitrogen and oxygen atoms in total. The number of carbonyl (C=O) groups is 1. The number of thioether (sulfide) groups is 1. The second-order valence-electron chi connectivity index (χ2n) is 4.66. The SMILES string of the molecule is CSc1ccc(C(=O)NC2CCCNC2)cc1[N+](=O)[O-]. The third-order valence-corrected chi connectivity index (χ3v) is 4.05. The predicted molar refractivity (Wildman–Crippen MR) is 78.2 cm³/mol. The van der Waals surface area contributed by atoms with Crippen molar-refractivity contribution in [3.05, 3.63) is 33.9 Å². The van der Waals surface area contributed by atoms with Gasteiger partial charge in [0.2, 0.25) is 0 Å². The summed E-state index contributed by atoms with van der Waals surface area (Å²) in [5.41, 5.74) is 0.312. The molecule has 1 aliphatic rings. The highest BCUT2D eigenvalue weighted by molar-refractivity contribution is 7.98. The first kappa shape index (κ1) is 14.8. The Hall–Kier alpha value is -1.60. The van der Waals surface area contributed by atoms with Crippen molar-refractivity contribution in [1.29, 1.82) is 0 Å². The fraction of sp³-hybridized carbons (Fsp3) is 0.462. The first-order valence-electron chi connectivity index (χ1n) is 6.46. The molecule has 0 aromatic heterocycles. The van der Waals surface area contributed by atoms with Gasteiger partial charge in [0.1, 0.15) is 0 Å². The molecule has 1 fully saturated rings. The van der Waals surface area contributed by atoms with Gasteiger partial charge in [-0.1, -0.05) is 0 Å². The fourth-order valence-corrected chi connectivity index (χ4v) is 2.76. The lowest BCUT2D eigenvalue weighted by Crippen LogP contribution is -2.45. The fourth-order valence-electron chi connectivity index (χ4n) is 2.22. The Morgan fingerprint density at radius 1 is 1.55 bits per heavy atom. The number of piperidine rings is 1. The van der Waals surface area contributed by atoms with E-state index in [1.165, 1.54) is 17.8 Å². The van der Waals surface area contributed by atoms with E-state index in [0.29, 0.717) is 10.5 Å². The normalized spacial score (nSPS) is 18.6. The monoisotopic (exact) mass is 295 g/mol. The number of benzene rings is 1. The van der Waals surface area contributed by atoms with Gasteiger partial charge in [-0.05, 0) is 37.8 Å². The lowest BCUT2D eigenvalue weighted by Gasteiger charge is -2.23. The van der Waals surface area contributed by atoms with E-state index in [-0.39, 0.29) is 17.6 Å². The number of nitro groups is 1. The number of nitrogens with zero attached hydrogens (tertiary/aromatic N) is 1. The highest BCUT2D eigenvalue weighted by atomic mass is 32.2. The molecule has 7 heteroatoms. The average Bonchev–Trinajstić information content (AvgIpc) is 2.47. The summed E-state index contributed by atoms with van der Waals surface area (Å²) in [5.74, 6) is -0.255. The van der Waals surface area contributed by atoms with Gasteiger partial charge in [0, 0.05) is 24.2 Å². The van der Waals surface area contributed by atoms with Crippen LogP contribution in [0.15, 0.2) is 23.1 Å². The maximum absolute atomic E-state index is 12.1. The summed E-state index contributed by atoms with van der Waals surface area (Å²) in [6.07, 6.45) is 3.73. The van der Waals surface area contributed by atoms with Crippen molar-refractivity contribution < 1.29 is 9.72 Å². The van der Waals surface area contributed by atoms with E-state index in [1.54, 1.807) is 18.4 Å². The molecule has 0 radical (unpaired) electrons. The smallest absolute Gasteiger partial charge is 0.283 e. The van der Waals surface area contributed by atoms with E-state index in [4.69, 9.17) is 0 Å². The van der Waals surface area contributed by atoms with Crippen molar-refractivity contribution in [1.82, 2.24) is 10.6 Å². The Labute approximate surface area is 121 Å². The predicted octanol–water partition coefficient (Wildman–Crippen LogP) is 1.80. The Kier molecular flexibility index (Phi) is 4.97. The first-order chi connectivity index (χ1) is 9.61. The van der Waals surface area contributed by atoms with Gasteiger partial charge in [-0.25, -0.2) is 0 Å². The molecule has 1 heterocycles. The second kappa shape index (κ2) is 6.71. The van der Waals surface area contributed by atoms with E-state index in [0.717, 1.165) is 25.9 Å². The molecular formula is C13H17N3O3S. The number of carbonyl (C=O) groups excluding carboxylic acids is 1. The van der Waals surface area contributed by atoms with Crippen molar-refractivity contribution in [3.63, 3.8) is 0 Å². The molecule has 0 aliphatic carbocycles. The first-order valence-corrected chi connectivity index (χ1v) is 7.68. The van der Waals surface area contributed by atoms with Crippen LogP contribution in [0.5, 0.6) is 0 Å². The van der Waals surface area contributed by atoms with Gasteiger partial charge >= 0.3 is 0 Å². The summed E-state index contributed by atoms with van der Waals surface area (Å²) in [4.78, 5) is 23.2. The van der Waals surface area contributed by atoms with Gasteiger partial charge in [-0.3, -0.25) is 14.9 Å². The number of hydrogen-bond donors (Lipinski definition) is 2. The van der Waals surface area contributed by atoms with Gasteiger partial charge < -0.3 is 10.6 Å². The molecular weight excluding hydrogens is 278 g/mol. The topological polar surface area (TPSA) is 84.3 Å². The minimum atomic E-state index is -0.454. The standard InChI is InChI=1S/C13H17N3O3S/c1-20-12-5-4-9(7-11(12)16(18)19)13(17)15-10-3-2-6-14-8-10/h4-5,7,10,14H,2-3,6,8H2,1H3,(H,15,17). The van der Waals surface area contributed by atoms with Gasteiger partial charge in [-0.15, -0.1) is 11.8 Å². The number of amides is 1. The molecule has 20 heavy (non-hydrogen) atoms. The maximum Gasteiger partial charge on any atom is 0.283 e. The molecule has 1 amide bonds. The molecule has 1 aromatic carbocycles. The molecule has 108 valence electrons. The number of rotatable bonds is 4. The molecule has 2 N–H and O–H groups in total. The van der Waals surface area contributed by atoms with Crippen LogP contribution < -0.4 is 10.6 Å². The Bertz CT molecular complexity index is 516. The quantitative estimate of drug-likeness (QED) is 0.502. The van der Waals surface area contributed by atoms with Crippen LogP contribution in [0, 0.1) is 10.1 Å². The number of hydrogen-bond acceptors (Lipinski definition) is 5. The highest BCUT2D eigenvalue weighted by Crippen LogP contribution is 2.28. The average molecular weight is 295 g/mol. The van der Waals surface area contributed by atoms with Crippen LogP contribution in [0.25, 0.3) is 0 Å². The third kappa shape index (κ3) is 3.49. The van der Waals surface area contributed by atoms with Gasteiger partial charge in [0.05, 0.1) is 9.82 Å². The third-order valence-electron chi connectivity index (χ3n) is 3.27. The molecule has 0 spiro atoms. The lowest BCUT2D eigenvalue weighted by molar-refractivity contribution is -0.387. The van der Waals surface area contributed by atoms with Crippen LogP contribution in [-0.2, 0) is 0 Å². The zero-order chi connectivity index (χ0) is 14.5. The van der Waals surface area contributed by atoms with Crippen LogP contribution >= 0.6 is 11.8 Å². The highest BCUT2D eigenvalue weighted by Gasteiger charge is 2.20. The van der Waals surface area contributed by atoms with Crippen LogP contribution in [0.2, 0.25) is 0 Å². The Morgan fingerprint density at radius 3 is 2.95 bits per heavy atom. The Morgan fingerprint density at radius 2 is 2.35 bits per heavy atom. The zero-order valence-corrected chi connectivity index (χ0v) is 12.0. The summed E-state index contributed by atoms with van der Waals surface area (Å²) in [6.45, 7) is 1.72. The Balaban J connectivity index is 2.13. The molecule has 2 rings (SSSR count). The van der Waals surface area contributed by atoms with E-state index in [9.17, 15) is 14.9 Å². The maximum atomic E-state index is 12.1. The summed E-state index contributed by atoms with van der Waals surface area (Å²) in [6, 6.07) is 4.69. The van der Waals surface area contributed by atoms with Gasteiger partial charge in [0.25, 0.3) is 11.6 Å². The summed E-state index contributed by atoms with van der Waals surface area (Å²) >= 11 is 1.30. The minimum absolute atomic E-state index is 0.0214. The van der Waals surface area contributed by atoms with E-state index < -0.39 is 4.92 Å². The minimum Gasteiger partial charge on any atom is -0.348 e. The van der Waals surface area contributed by atoms with Crippen molar-refractivity contribution in [3.8, 4) is 0 Å². The largest absolute Gasteiger partial charge is 0.348 e. The van der Waals surface area contributed by atoms with Crippen LogP contribution in [0.4, 0.5) is 5.69 Å². The molecule has 1 unspecified atom stereocenters. The van der Waals surface area contributed by atoms with E-state index >= 15 is 0 Å². The second-order valence-corrected chi connectivity index (χ2v) is 5.51. The molecule has 0 bridgehead atoms. The zero-order valence-electron chi connectivity index (χ0n) is 11.2. The lowest BCUT2D eigenvalue weighted by atomic mass is 10.1. The van der Waals surface area contributed by atoms with Crippen LogP contribution in [-0.4, -0.2) is 36.2 Å². The van der Waals surface area contributed by atoms with Gasteiger partial charge in [0.15, 0.2) is 0 Å². The van der Waals surface area contributed by atoms with E-state index in [2.05, 4.69) is 10.6 Å². The summed E-state index contributed by atoms with van der Waals surface area (Å²) in [7, 11) is 0. The number of nitrogens with one attached hydrogen (secondary N) is 2. The van der Waals surface area contributed by atoms with Crippen molar-refractivity contribution in [2.24, 2.45) is 0 Å². The number of nitro benzene ring substituents is 1. The van der Waals surface area contributed by atoms with Crippen LogP contribution in [0.3, 0.4) is 0 Å². The van der Waals surface area contributed by atoms with Crippen molar-refractivity contribution in [2.75, 3.05) is 19.3 Å². The molecule has 1 aromatic rings. The summed E-state index contributed by atoms with van der Waals surface area (Å²) < 4.78 is 0.